The molecule has 0 atom stereocenters. The molecule has 0 aromatic heterocycles. The van der Waals surface area contributed by atoms with Crippen molar-refractivity contribution in [2.24, 2.45) is 0 Å². The standard InChI is InChI=1S/C31H35N3/c1-25-30(33(3)23-27-16-10-6-11-17-27)20-29(32(2)22-26-14-8-5-9-15-26)21-31(25)34(4)24-28-18-12-7-13-19-28/h5-21H,22-24H2,1-4H3. The van der Waals surface area contributed by atoms with Crippen LogP contribution in [0.3, 0.4) is 0 Å². The van der Waals surface area contributed by atoms with E-state index in [0.29, 0.717) is 0 Å². The topological polar surface area (TPSA) is 9.72 Å². The largest absolute Gasteiger partial charge is 0.370 e. The summed E-state index contributed by atoms with van der Waals surface area (Å²) < 4.78 is 0. The van der Waals surface area contributed by atoms with Crippen molar-refractivity contribution in [3.63, 3.8) is 0 Å². The summed E-state index contributed by atoms with van der Waals surface area (Å²) in [5.41, 5.74) is 8.97. The molecule has 3 heteroatoms. The molecule has 174 valence electrons. The molecule has 0 radical (unpaired) electrons. The van der Waals surface area contributed by atoms with Crippen LogP contribution in [0.5, 0.6) is 0 Å². The van der Waals surface area contributed by atoms with Crippen molar-refractivity contribution >= 4 is 17.1 Å². The molecule has 0 bridgehead atoms. The molecule has 34 heavy (non-hydrogen) atoms. The molecule has 0 heterocycles. The molecule has 0 spiro atoms. The van der Waals surface area contributed by atoms with E-state index in [1.165, 1.54) is 39.3 Å². The molecule has 0 fully saturated rings. The van der Waals surface area contributed by atoms with Gasteiger partial charge in [-0.3, -0.25) is 0 Å². The summed E-state index contributed by atoms with van der Waals surface area (Å²) in [6.07, 6.45) is 0. The highest BCUT2D eigenvalue weighted by Gasteiger charge is 2.16. The highest BCUT2D eigenvalue weighted by Crippen LogP contribution is 2.35. The molecular formula is C31H35N3. The van der Waals surface area contributed by atoms with Crippen LogP contribution < -0.4 is 14.7 Å². The lowest BCUT2D eigenvalue weighted by atomic mass is 10.1. The molecule has 0 N–H and O–H groups in total. The summed E-state index contributed by atoms with van der Waals surface area (Å²) in [6, 6.07) is 36.7. The molecule has 0 saturated carbocycles. The van der Waals surface area contributed by atoms with E-state index < -0.39 is 0 Å². The van der Waals surface area contributed by atoms with Gasteiger partial charge in [-0.05, 0) is 41.3 Å². The van der Waals surface area contributed by atoms with E-state index in [1.54, 1.807) is 0 Å². The van der Waals surface area contributed by atoms with Crippen LogP contribution in [0.1, 0.15) is 22.3 Å². The van der Waals surface area contributed by atoms with E-state index in [4.69, 9.17) is 0 Å². The Morgan fingerprint density at radius 1 is 0.471 bits per heavy atom. The SMILES string of the molecule is Cc1c(N(C)Cc2ccccc2)cc(N(C)Cc2ccccc2)cc1N(C)Cc1ccccc1. The highest BCUT2D eigenvalue weighted by atomic mass is 15.1. The van der Waals surface area contributed by atoms with Gasteiger partial charge in [0.2, 0.25) is 0 Å². The van der Waals surface area contributed by atoms with Gasteiger partial charge >= 0.3 is 0 Å². The summed E-state index contributed by atoms with van der Waals surface area (Å²) in [5.74, 6) is 0. The molecule has 3 nitrogen and oxygen atoms in total. The maximum Gasteiger partial charge on any atom is 0.0437 e. The molecular weight excluding hydrogens is 414 g/mol. The lowest BCUT2D eigenvalue weighted by Crippen LogP contribution is -2.23. The summed E-state index contributed by atoms with van der Waals surface area (Å²) in [6.45, 7) is 4.85. The average Bonchev–Trinajstić information content (AvgIpc) is 2.86. The number of anilines is 3. The van der Waals surface area contributed by atoms with Crippen molar-refractivity contribution in [2.45, 2.75) is 26.6 Å². The number of hydrogen-bond acceptors (Lipinski definition) is 3. The molecule has 0 aliphatic rings. The van der Waals surface area contributed by atoms with Gasteiger partial charge < -0.3 is 14.7 Å². The van der Waals surface area contributed by atoms with Crippen molar-refractivity contribution < 1.29 is 0 Å². The molecule has 0 aliphatic carbocycles. The zero-order valence-corrected chi connectivity index (χ0v) is 20.8. The highest BCUT2D eigenvalue weighted by molar-refractivity contribution is 5.75. The second kappa shape index (κ2) is 10.9. The third-order valence-corrected chi connectivity index (χ3v) is 6.39. The molecule has 0 aliphatic heterocycles. The van der Waals surface area contributed by atoms with Gasteiger partial charge in [0, 0.05) is 57.8 Å². The summed E-state index contributed by atoms with van der Waals surface area (Å²) >= 11 is 0. The van der Waals surface area contributed by atoms with Crippen LogP contribution in [0.2, 0.25) is 0 Å². The van der Waals surface area contributed by atoms with Crippen molar-refractivity contribution in [3.8, 4) is 0 Å². The molecule has 0 amide bonds. The number of nitrogens with zero attached hydrogens (tertiary/aromatic N) is 3. The second-order valence-corrected chi connectivity index (χ2v) is 9.13. The predicted molar refractivity (Wildman–Crippen MR) is 147 cm³/mol. The first-order valence-corrected chi connectivity index (χ1v) is 11.9. The summed E-state index contributed by atoms with van der Waals surface area (Å²) in [7, 11) is 6.56. The first-order chi connectivity index (χ1) is 16.5. The van der Waals surface area contributed by atoms with Crippen LogP contribution in [0, 0.1) is 6.92 Å². The van der Waals surface area contributed by atoms with E-state index in [9.17, 15) is 0 Å². The van der Waals surface area contributed by atoms with Crippen LogP contribution in [0.25, 0.3) is 0 Å². The van der Waals surface area contributed by atoms with E-state index in [2.05, 4.69) is 146 Å². The lowest BCUT2D eigenvalue weighted by molar-refractivity contribution is 0.884. The fraction of sp³-hybridized carbons (Fsp3) is 0.226. The van der Waals surface area contributed by atoms with Crippen LogP contribution in [-0.2, 0) is 19.6 Å². The molecule has 4 rings (SSSR count). The lowest BCUT2D eigenvalue weighted by Gasteiger charge is -2.30. The van der Waals surface area contributed by atoms with E-state index in [1.807, 2.05) is 0 Å². The third-order valence-electron chi connectivity index (χ3n) is 6.39. The zero-order valence-electron chi connectivity index (χ0n) is 20.8. The van der Waals surface area contributed by atoms with E-state index in [0.717, 1.165) is 19.6 Å². The van der Waals surface area contributed by atoms with Gasteiger partial charge in [-0.25, -0.2) is 0 Å². The zero-order chi connectivity index (χ0) is 23.9. The third kappa shape index (κ3) is 5.79. The van der Waals surface area contributed by atoms with Gasteiger partial charge in [0.05, 0.1) is 0 Å². The van der Waals surface area contributed by atoms with Gasteiger partial charge in [0.25, 0.3) is 0 Å². The second-order valence-electron chi connectivity index (χ2n) is 9.13. The maximum absolute atomic E-state index is 2.37. The van der Waals surface area contributed by atoms with Crippen molar-refractivity contribution in [1.82, 2.24) is 0 Å². The number of benzene rings is 4. The number of hydrogen-bond donors (Lipinski definition) is 0. The monoisotopic (exact) mass is 449 g/mol. The Balaban J connectivity index is 1.68. The average molecular weight is 450 g/mol. The minimum Gasteiger partial charge on any atom is -0.370 e. The Morgan fingerprint density at radius 2 is 0.794 bits per heavy atom. The van der Waals surface area contributed by atoms with Gasteiger partial charge in [0.15, 0.2) is 0 Å². The Labute approximate surface area is 204 Å². The van der Waals surface area contributed by atoms with Gasteiger partial charge in [-0.15, -0.1) is 0 Å². The maximum atomic E-state index is 2.37. The van der Waals surface area contributed by atoms with Gasteiger partial charge in [-0.1, -0.05) is 91.0 Å². The minimum absolute atomic E-state index is 0.869. The molecule has 0 unspecified atom stereocenters. The summed E-state index contributed by atoms with van der Waals surface area (Å²) in [5, 5.41) is 0. The fourth-order valence-corrected chi connectivity index (χ4v) is 4.52. The van der Waals surface area contributed by atoms with Crippen molar-refractivity contribution in [3.05, 3.63) is 125 Å². The van der Waals surface area contributed by atoms with Crippen LogP contribution >= 0.6 is 0 Å². The quantitative estimate of drug-likeness (QED) is 0.275. The van der Waals surface area contributed by atoms with Gasteiger partial charge in [-0.2, -0.15) is 0 Å². The molecule has 4 aromatic rings. The van der Waals surface area contributed by atoms with Crippen molar-refractivity contribution in [2.75, 3.05) is 35.8 Å². The minimum atomic E-state index is 0.869. The Hall–Kier alpha value is -3.72. The van der Waals surface area contributed by atoms with Gasteiger partial charge in [0.1, 0.15) is 0 Å². The smallest absolute Gasteiger partial charge is 0.0437 e. The summed E-state index contributed by atoms with van der Waals surface area (Å²) in [4.78, 5) is 7.07. The van der Waals surface area contributed by atoms with Crippen molar-refractivity contribution in [1.29, 1.82) is 0 Å². The first-order valence-electron chi connectivity index (χ1n) is 11.9. The molecule has 4 aromatic carbocycles. The van der Waals surface area contributed by atoms with E-state index >= 15 is 0 Å². The Kier molecular flexibility index (Phi) is 7.54. The Bertz CT molecular complexity index is 1100. The Morgan fingerprint density at radius 3 is 1.15 bits per heavy atom. The van der Waals surface area contributed by atoms with E-state index in [-0.39, 0.29) is 0 Å². The normalized spacial score (nSPS) is 10.7. The molecule has 0 saturated heterocycles. The van der Waals surface area contributed by atoms with Crippen LogP contribution in [0.4, 0.5) is 17.1 Å². The number of rotatable bonds is 9. The predicted octanol–water partition coefficient (Wildman–Crippen LogP) is 6.90. The van der Waals surface area contributed by atoms with Crippen LogP contribution in [0.15, 0.2) is 103 Å². The fourth-order valence-electron chi connectivity index (χ4n) is 4.52. The van der Waals surface area contributed by atoms with Crippen LogP contribution in [-0.4, -0.2) is 21.1 Å². The first kappa shape index (κ1) is 23.4.